The van der Waals surface area contributed by atoms with E-state index in [1.165, 1.54) is 24.3 Å². The van der Waals surface area contributed by atoms with Crippen molar-refractivity contribution < 1.29 is 9.18 Å². The third kappa shape index (κ3) is 1.90. The van der Waals surface area contributed by atoms with Crippen LogP contribution in [0.15, 0.2) is 24.3 Å². The second-order valence-electron chi connectivity index (χ2n) is 3.16. The van der Waals surface area contributed by atoms with Gasteiger partial charge in [0.15, 0.2) is 0 Å². The number of H-pyrrole nitrogens is 1. The second kappa shape index (κ2) is 3.94. The molecule has 1 aromatic heterocycles. The van der Waals surface area contributed by atoms with Crippen molar-refractivity contribution in [2.24, 2.45) is 5.73 Å². The maximum Gasteiger partial charge on any atom is 0.266 e. The van der Waals surface area contributed by atoms with Gasteiger partial charge in [0.25, 0.3) is 5.91 Å². The molecule has 0 unspecified atom stereocenters. The van der Waals surface area contributed by atoms with Crippen LogP contribution in [0.4, 0.5) is 4.39 Å². The summed E-state index contributed by atoms with van der Waals surface area (Å²) in [7, 11) is 0. The summed E-state index contributed by atoms with van der Waals surface area (Å²) in [6.45, 7) is 0. The van der Waals surface area contributed by atoms with Gasteiger partial charge in [-0.05, 0) is 24.3 Å². The monoisotopic (exact) mass is 239 g/mol. The van der Waals surface area contributed by atoms with Crippen LogP contribution in [0.2, 0.25) is 5.02 Å². The maximum absolute atomic E-state index is 12.9. The lowest BCUT2D eigenvalue weighted by molar-refractivity contribution is 0.0995. The highest BCUT2D eigenvalue weighted by Gasteiger charge is 2.09. The van der Waals surface area contributed by atoms with Crippen molar-refractivity contribution in [2.45, 2.75) is 0 Å². The van der Waals surface area contributed by atoms with Crippen LogP contribution >= 0.6 is 11.6 Å². The number of nitrogens with two attached hydrogens (primary N) is 1. The molecule has 1 heterocycles. The summed E-state index contributed by atoms with van der Waals surface area (Å²) in [6.07, 6.45) is 0. The lowest BCUT2D eigenvalue weighted by Gasteiger charge is -1.97. The van der Waals surface area contributed by atoms with E-state index in [0.717, 1.165) is 0 Å². The zero-order valence-electron chi connectivity index (χ0n) is 8.00. The summed E-state index contributed by atoms with van der Waals surface area (Å²) in [5, 5.41) is 6.35. The Morgan fingerprint density at radius 2 is 2.19 bits per heavy atom. The van der Waals surface area contributed by atoms with Gasteiger partial charge in [0.05, 0.1) is 10.7 Å². The van der Waals surface area contributed by atoms with Crippen molar-refractivity contribution in [1.29, 1.82) is 0 Å². The number of nitrogens with zero attached hydrogens (tertiary/aromatic N) is 1. The number of carbonyl (C=O) groups is 1. The van der Waals surface area contributed by atoms with Crippen molar-refractivity contribution in [3.05, 3.63) is 40.8 Å². The first kappa shape index (κ1) is 10.6. The summed E-state index contributed by atoms with van der Waals surface area (Å²) in [5.41, 5.74) is 6.34. The van der Waals surface area contributed by atoms with E-state index < -0.39 is 11.7 Å². The van der Waals surface area contributed by atoms with Crippen LogP contribution in [0.1, 0.15) is 10.5 Å². The molecule has 4 nitrogen and oxygen atoms in total. The number of aromatic amines is 1. The highest BCUT2D eigenvalue weighted by molar-refractivity contribution is 6.31. The van der Waals surface area contributed by atoms with Crippen LogP contribution in [0.25, 0.3) is 11.3 Å². The molecule has 0 atom stereocenters. The van der Waals surface area contributed by atoms with Gasteiger partial charge in [-0.2, -0.15) is 5.10 Å². The van der Waals surface area contributed by atoms with Crippen LogP contribution in [0.3, 0.4) is 0 Å². The molecule has 0 aliphatic heterocycles. The molecule has 0 bridgehead atoms. The minimum Gasteiger partial charge on any atom is -0.364 e. The standard InChI is InChI=1S/C10H7ClFN3O/c11-6-3-5(1-2-7(6)12)8-4-9(10(13)16)15-14-8/h1-4H,(H2,13,16)(H,14,15). The highest BCUT2D eigenvalue weighted by Crippen LogP contribution is 2.23. The smallest absolute Gasteiger partial charge is 0.266 e. The van der Waals surface area contributed by atoms with Crippen LogP contribution in [-0.2, 0) is 0 Å². The predicted octanol–water partition coefficient (Wildman–Crippen LogP) is 1.97. The lowest BCUT2D eigenvalue weighted by atomic mass is 10.1. The first-order valence-corrected chi connectivity index (χ1v) is 4.76. The van der Waals surface area contributed by atoms with Crippen LogP contribution in [0, 0.1) is 5.82 Å². The Hall–Kier alpha value is -1.88. The quantitative estimate of drug-likeness (QED) is 0.841. The third-order valence-corrected chi connectivity index (χ3v) is 2.35. The van der Waals surface area contributed by atoms with Crippen molar-refractivity contribution in [2.75, 3.05) is 0 Å². The van der Waals surface area contributed by atoms with E-state index in [-0.39, 0.29) is 10.7 Å². The van der Waals surface area contributed by atoms with Gasteiger partial charge in [-0.3, -0.25) is 9.89 Å². The Bertz CT molecular complexity index is 553. The van der Waals surface area contributed by atoms with E-state index in [1.807, 2.05) is 0 Å². The highest BCUT2D eigenvalue weighted by atomic mass is 35.5. The molecule has 0 radical (unpaired) electrons. The fourth-order valence-electron chi connectivity index (χ4n) is 1.25. The Kier molecular flexibility index (Phi) is 2.62. The van der Waals surface area contributed by atoms with E-state index in [9.17, 15) is 9.18 Å². The van der Waals surface area contributed by atoms with Crippen LogP contribution in [-0.4, -0.2) is 16.1 Å². The molecule has 0 spiro atoms. The van der Waals surface area contributed by atoms with Crippen LogP contribution in [0.5, 0.6) is 0 Å². The van der Waals surface area contributed by atoms with E-state index >= 15 is 0 Å². The van der Waals surface area contributed by atoms with E-state index in [1.54, 1.807) is 0 Å². The Morgan fingerprint density at radius 3 is 2.75 bits per heavy atom. The minimum absolute atomic E-state index is 0.00104. The van der Waals surface area contributed by atoms with Gasteiger partial charge in [0, 0.05) is 5.56 Å². The predicted molar refractivity (Wildman–Crippen MR) is 57.5 cm³/mol. The van der Waals surface area contributed by atoms with Crippen LogP contribution < -0.4 is 5.73 Å². The number of rotatable bonds is 2. The molecule has 6 heteroatoms. The van der Waals surface area contributed by atoms with E-state index in [0.29, 0.717) is 11.3 Å². The number of nitrogens with one attached hydrogen (secondary N) is 1. The lowest BCUT2D eigenvalue weighted by Crippen LogP contribution is -2.10. The van der Waals surface area contributed by atoms with Crippen molar-refractivity contribution >= 4 is 17.5 Å². The number of amides is 1. The molecule has 1 amide bonds. The molecule has 0 aliphatic rings. The summed E-state index contributed by atoms with van der Waals surface area (Å²) >= 11 is 5.63. The Morgan fingerprint density at radius 1 is 1.44 bits per heavy atom. The molecule has 16 heavy (non-hydrogen) atoms. The molecule has 0 saturated heterocycles. The van der Waals surface area contributed by atoms with Crippen molar-refractivity contribution in [1.82, 2.24) is 10.2 Å². The molecule has 2 rings (SSSR count). The topological polar surface area (TPSA) is 71.8 Å². The fourth-order valence-corrected chi connectivity index (χ4v) is 1.43. The second-order valence-corrected chi connectivity index (χ2v) is 3.57. The SMILES string of the molecule is NC(=O)c1cc(-c2ccc(F)c(Cl)c2)n[nH]1. The Labute approximate surface area is 95.2 Å². The third-order valence-electron chi connectivity index (χ3n) is 2.06. The summed E-state index contributed by atoms with van der Waals surface area (Å²) in [5.74, 6) is -1.11. The summed E-state index contributed by atoms with van der Waals surface area (Å²) < 4.78 is 12.9. The van der Waals surface area contributed by atoms with Gasteiger partial charge in [-0.1, -0.05) is 11.6 Å². The summed E-state index contributed by atoms with van der Waals surface area (Å²) in [4.78, 5) is 10.8. The number of halogens is 2. The number of primary amides is 1. The first-order valence-electron chi connectivity index (χ1n) is 4.38. The molecule has 0 saturated carbocycles. The van der Waals surface area contributed by atoms with Gasteiger partial charge < -0.3 is 5.73 Å². The number of aromatic nitrogens is 2. The zero-order chi connectivity index (χ0) is 11.7. The average molecular weight is 240 g/mol. The molecule has 0 fully saturated rings. The molecular formula is C10H7ClFN3O. The maximum atomic E-state index is 12.9. The van der Waals surface area contributed by atoms with Crippen molar-refractivity contribution in [3.8, 4) is 11.3 Å². The molecule has 0 aliphatic carbocycles. The van der Waals surface area contributed by atoms with Crippen molar-refractivity contribution in [3.63, 3.8) is 0 Å². The largest absolute Gasteiger partial charge is 0.364 e. The van der Waals surface area contributed by atoms with E-state index in [4.69, 9.17) is 17.3 Å². The number of carbonyl (C=O) groups excluding carboxylic acids is 1. The fraction of sp³-hybridized carbons (Fsp3) is 0. The molecule has 2 aromatic rings. The van der Waals surface area contributed by atoms with Gasteiger partial charge in [-0.25, -0.2) is 4.39 Å². The van der Waals surface area contributed by atoms with Gasteiger partial charge in [0.1, 0.15) is 11.5 Å². The summed E-state index contributed by atoms with van der Waals surface area (Å²) in [6, 6.07) is 5.65. The Balaban J connectivity index is 2.42. The molecule has 3 N–H and O–H groups in total. The molecule has 82 valence electrons. The van der Waals surface area contributed by atoms with Gasteiger partial charge >= 0.3 is 0 Å². The number of hydrogen-bond acceptors (Lipinski definition) is 2. The average Bonchev–Trinajstić information content (AvgIpc) is 2.71. The van der Waals surface area contributed by atoms with Gasteiger partial charge in [-0.15, -0.1) is 0 Å². The number of benzene rings is 1. The number of hydrogen-bond donors (Lipinski definition) is 2. The molecule has 1 aromatic carbocycles. The molecular weight excluding hydrogens is 233 g/mol. The zero-order valence-corrected chi connectivity index (χ0v) is 8.75. The van der Waals surface area contributed by atoms with Gasteiger partial charge in [0.2, 0.25) is 0 Å². The van der Waals surface area contributed by atoms with E-state index in [2.05, 4.69) is 10.2 Å². The minimum atomic E-state index is -0.605. The normalized spacial score (nSPS) is 10.4. The first-order chi connectivity index (χ1) is 7.58.